The molecule has 1 fully saturated rings. The molecular weight excluding hydrogens is 202 g/mol. The van der Waals surface area contributed by atoms with E-state index in [1.807, 2.05) is 0 Å². The van der Waals surface area contributed by atoms with Crippen LogP contribution in [0.2, 0.25) is 0 Å². The molecule has 0 heterocycles. The minimum absolute atomic E-state index is 0.171. The maximum absolute atomic E-state index is 9.43. The molecule has 0 amide bonds. The van der Waals surface area contributed by atoms with E-state index in [2.05, 4.69) is 26.1 Å². The third kappa shape index (κ3) is 5.28. The summed E-state index contributed by atoms with van der Waals surface area (Å²) >= 11 is 0. The van der Waals surface area contributed by atoms with Crippen molar-refractivity contribution in [1.82, 2.24) is 5.32 Å². The molecule has 0 aromatic rings. The summed E-state index contributed by atoms with van der Waals surface area (Å²) in [7, 11) is 0. The standard InChI is InChI=1S/C13H27NO2/c1-4-7-14-13(3,10-15)8-11(2)16-9-12-5-6-12/h11-12,14-15H,4-10H2,1-3H3. The summed E-state index contributed by atoms with van der Waals surface area (Å²) in [6, 6.07) is 0. The zero-order valence-electron chi connectivity index (χ0n) is 11.0. The van der Waals surface area contributed by atoms with E-state index in [9.17, 15) is 5.11 Å². The van der Waals surface area contributed by atoms with Crippen LogP contribution in [0.1, 0.15) is 46.5 Å². The van der Waals surface area contributed by atoms with Crippen LogP contribution in [0.5, 0.6) is 0 Å². The second kappa shape index (κ2) is 6.58. The van der Waals surface area contributed by atoms with Gasteiger partial charge in [-0.25, -0.2) is 0 Å². The van der Waals surface area contributed by atoms with E-state index in [0.717, 1.165) is 31.9 Å². The molecule has 16 heavy (non-hydrogen) atoms. The minimum atomic E-state index is -0.195. The van der Waals surface area contributed by atoms with Gasteiger partial charge in [0, 0.05) is 12.1 Å². The van der Waals surface area contributed by atoms with E-state index in [1.54, 1.807) is 0 Å². The molecule has 2 atom stereocenters. The first-order valence-corrected chi connectivity index (χ1v) is 6.57. The van der Waals surface area contributed by atoms with Crippen molar-refractivity contribution in [1.29, 1.82) is 0 Å². The molecule has 1 rings (SSSR count). The summed E-state index contributed by atoms with van der Waals surface area (Å²) in [6.45, 7) is 8.33. The number of nitrogens with one attached hydrogen (secondary N) is 1. The second-order valence-electron chi connectivity index (χ2n) is 5.44. The molecule has 0 aromatic carbocycles. The van der Waals surface area contributed by atoms with Crippen molar-refractivity contribution in [3.8, 4) is 0 Å². The van der Waals surface area contributed by atoms with E-state index in [1.165, 1.54) is 12.8 Å². The van der Waals surface area contributed by atoms with E-state index in [-0.39, 0.29) is 18.2 Å². The van der Waals surface area contributed by atoms with Gasteiger partial charge in [-0.2, -0.15) is 0 Å². The third-order valence-corrected chi connectivity index (χ3v) is 3.20. The van der Waals surface area contributed by atoms with Crippen LogP contribution in [-0.2, 0) is 4.74 Å². The summed E-state index contributed by atoms with van der Waals surface area (Å²) in [5.74, 6) is 0.812. The molecule has 0 bridgehead atoms. The van der Waals surface area contributed by atoms with Gasteiger partial charge in [-0.3, -0.25) is 0 Å². The van der Waals surface area contributed by atoms with Gasteiger partial charge in [0.1, 0.15) is 0 Å². The van der Waals surface area contributed by atoms with Crippen LogP contribution in [0.3, 0.4) is 0 Å². The molecular formula is C13H27NO2. The van der Waals surface area contributed by atoms with Crippen molar-refractivity contribution in [2.24, 2.45) is 5.92 Å². The summed E-state index contributed by atoms with van der Waals surface area (Å²) in [5.41, 5.74) is -0.195. The van der Waals surface area contributed by atoms with E-state index >= 15 is 0 Å². The van der Waals surface area contributed by atoms with Crippen molar-refractivity contribution >= 4 is 0 Å². The molecule has 2 N–H and O–H groups in total. The van der Waals surface area contributed by atoms with Gasteiger partial charge in [0.05, 0.1) is 12.7 Å². The topological polar surface area (TPSA) is 41.5 Å². The van der Waals surface area contributed by atoms with E-state index < -0.39 is 0 Å². The molecule has 2 unspecified atom stereocenters. The van der Waals surface area contributed by atoms with Gasteiger partial charge in [0.2, 0.25) is 0 Å². The summed E-state index contributed by atoms with van der Waals surface area (Å²) in [6.07, 6.45) is 4.85. The second-order valence-corrected chi connectivity index (χ2v) is 5.44. The van der Waals surface area contributed by atoms with Crippen LogP contribution < -0.4 is 5.32 Å². The van der Waals surface area contributed by atoms with Gasteiger partial charge in [-0.05, 0) is 52.0 Å². The Morgan fingerprint density at radius 2 is 2.19 bits per heavy atom. The van der Waals surface area contributed by atoms with Crippen molar-refractivity contribution in [2.75, 3.05) is 19.8 Å². The fourth-order valence-corrected chi connectivity index (χ4v) is 1.90. The monoisotopic (exact) mass is 229 g/mol. The molecule has 1 aliphatic carbocycles. The van der Waals surface area contributed by atoms with Gasteiger partial charge < -0.3 is 15.2 Å². The number of aliphatic hydroxyl groups excluding tert-OH is 1. The van der Waals surface area contributed by atoms with E-state index in [4.69, 9.17) is 4.74 Å². The lowest BCUT2D eigenvalue weighted by Crippen LogP contribution is -2.48. The molecule has 0 radical (unpaired) electrons. The molecule has 0 aliphatic heterocycles. The average molecular weight is 229 g/mol. The van der Waals surface area contributed by atoms with Gasteiger partial charge in [0.15, 0.2) is 0 Å². The van der Waals surface area contributed by atoms with Crippen LogP contribution in [-0.4, -0.2) is 36.5 Å². The maximum atomic E-state index is 9.43. The Balaban J connectivity index is 2.22. The molecule has 96 valence electrons. The third-order valence-electron chi connectivity index (χ3n) is 3.20. The molecule has 3 heteroatoms. The Morgan fingerprint density at radius 3 is 2.69 bits per heavy atom. The number of aliphatic hydroxyl groups is 1. The highest BCUT2D eigenvalue weighted by Crippen LogP contribution is 2.29. The summed E-state index contributed by atoms with van der Waals surface area (Å²) in [4.78, 5) is 0. The van der Waals surface area contributed by atoms with Crippen LogP contribution in [0.25, 0.3) is 0 Å². The lowest BCUT2D eigenvalue weighted by atomic mass is 9.95. The van der Waals surface area contributed by atoms with Crippen LogP contribution in [0.15, 0.2) is 0 Å². The Bertz CT molecular complexity index is 194. The van der Waals surface area contributed by atoms with Crippen molar-refractivity contribution in [2.45, 2.75) is 58.1 Å². The van der Waals surface area contributed by atoms with Gasteiger partial charge in [-0.15, -0.1) is 0 Å². The SMILES string of the molecule is CCCNC(C)(CO)CC(C)OCC1CC1. The molecule has 1 saturated carbocycles. The number of ether oxygens (including phenoxy) is 1. The molecule has 0 spiro atoms. The zero-order chi connectivity index (χ0) is 12.0. The minimum Gasteiger partial charge on any atom is -0.394 e. The van der Waals surface area contributed by atoms with Crippen LogP contribution in [0, 0.1) is 5.92 Å². The lowest BCUT2D eigenvalue weighted by molar-refractivity contribution is 0.0228. The van der Waals surface area contributed by atoms with Crippen LogP contribution >= 0.6 is 0 Å². The number of hydrogen-bond donors (Lipinski definition) is 2. The predicted molar refractivity (Wildman–Crippen MR) is 66.5 cm³/mol. The first kappa shape index (κ1) is 13.9. The van der Waals surface area contributed by atoms with Gasteiger partial charge in [0.25, 0.3) is 0 Å². The van der Waals surface area contributed by atoms with Gasteiger partial charge in [-0.1, -0.05) is 6.92 Å². The molecule has 0 aromatic heterocycles. The fourth-order valence-electron chi connectivity index (χ4n) is 1.90. The highest BCUT2D eigenvalue weighted by atomic mass is 16.5. The molecule has 0 saturated heterocycles. The molecule has 3 nitrogen and oxygen atoms in total. The van der Waals surface area contributed by atoms with E-state index in [0.29, 0.717) is 0 Å². The lowest BCUT2D eigenvalue weighted by Gasteiger charge is -2.31. The van der Waals surface area contributed by atoms with Crippen molar-refractivity contribution < 1.29 is 9.84 Å². The fraction of sp³-hybridized carbons (Fsp3) is 1.00. The first-order chi connectivity index (χ1) is 7.59. The quantitative estimate of drug-likeness (QED) is 0.635. The van der Waals surface area contributed by atoms with Crippen molar-refractivity contribution in [3.05, 3.63) is 0 Å². The number of rotatable bonds is 9. The smallest absolute Gasteiger partial charge is 0.0611 e. The highest BCUT2D eigenvalue weighted by molar-refractivity contribution is 4.84. The van der Waals surface area contributed by atoms with Crippen LogP contribution in [0.4, 0.5) is 0 Å². The normalized spacial score (nSPS) is 21.8. The zero-order valence-corrected chi connectivity index (χ0v) is 11.0. The predicted octanol–water partition coefficient (Wildman–Crippen LogP) is 1.94. The Hall–Kier alpha value is -0.120. The Labute approximate surface area is 99.6 Å². The Morgan fingerprint density at radius 1 is 1.50 bits per heavy atom. The molecule has 1 aliphatic rings. The van der Waals surface area contributed by atoms with Crippen molar-refractivity contribution in [3.63, 3.8) is 0 Å². The number of hydrogen-bond acceptors (Lipinski definition) is 3. The summed E-state index contributed by atoms with van der Waals surface area (Å²) < 4.78 is 5.79. The summed E-state index contributed by atoms with van der Waals surface area (Å²) in [5, 5.41) is 12.8. The average Bonchev–Trinajstić information content (AvgIpc) is 3.07. The highest BCUT2D eigenvalue weighted by Gasteiger charge is 2.27. The maximum Gasteiger partial charge on any atom is 0.0611 e. The largest absolute Gasteiger partial charge is 0.394 e. The van der Waals surface area contributed by atoms with Gasteiger partial charge >= 0.3 is 0 Å². The Kier molecular flexibility index (Phi) is 5.73. The first-order valence-electron chi connectivity index (χ1n) is 6.57.